The molecule has 3 nitrogen and oxygen atoms in total. The van der Waals surface area contributed by atoms with Crippen LogP contribution in [-0.2, 0) is 0 Å². The molecule has 0 atom stereocenters. The second-order valence-corrected chi connectivity index (χ2v) is 12.8. The van der Waals surface area contributed by atoms with Crippen LogP contribution in [0, 0.1) is 0 Å². The van der Waals surface area contributed by atoms with Gasteiger partial charge in [-0.1, -0.05) is 193 Å². The average molecular weight is 552 g/mol. The summed E-state index contributed by atoms with van der Waals surface area (Å²) in [6.07, 6.45) is 45.2. The zero-order chi connectivity index (χ0) is 28.3. The van der Waals surface area contributed by atoms with E-state index in [4.69, 9.17) is 11.5 Å². The van der Waals surface area contributed by atoms with E-state index < -0.39 is 0 Å². The summed E-state index contributed by atoms with van der Waals surface area (Å²) in [6, 6.07) is 0. The highest BCUT2D eigenvalue weighted by atomic mass is 14.8. The summed E-state index contributed by atoms with van der Waals surface area (Å²) in [5.41, 5.74) is 11.2. The zero-order valence-corrected chi connectivity index (χ0v) is 27.3. The quantitative estimate of drug-likeness (QED) is 0.0542. The third-order valence-corrected chi connectivity index (χ3v) is 8.60. The molecule has 39 heavy (non-hydrogen) atoms. The Bertz CT molecular complexity index is 412. The monoisotopic (exact) mass is 552 g/mol. The van der Waals surface area contributed by atoms with E-state index in [1.165, 1.54) is 212 Å². The van der Waals surface area contributed by atoms with E-state index >= 15 is 0 Å². The smallest absolute Gasteiger partial charge is 0.0520 e. The van der Waals surface area contributed by atoms with Crippen molar-refractivity contribution < 1.29 is 0 Å². The van der Waals surface area contributed by atoms with Gasteiger partial charge in [-0.15, -0.1) is 0 Å². The molecule has 0 heterocycles. The molecule has 0 aliphatic heterocycles. The van der Waals surface area contributed by atoms with Crippen LogP contribution >= 0.6 is 0 Å². The predicted octanol–water partition coefficient (Wildman–Crippen LogP) is 11.3. The number of nitrogens with one attached hydrogen (secondary N) is 1. The minimum absolute atomic E-state index is 0.106. The minimum atomic E-state index is -0.106. The van der Waals surface area contributed by atoms with Crippen molar-refractivity contribution in [3.8, 4) is 0 Å². The number of unbranched alkanes of at least 4 members (excludes halogenated alkanes) is 29. The van der Waals surface area contributed by atoms with Crippen LogP contribution in [-0.4, -0.2) is 19.3 Å². The van der Waals surface area contributed by atoms with Crippen LogP contribution in [0.5, 0.6) is 0 Å². The molecule has 0 rings (SSSR count). The molecule has 236 valence electrons. The summed E-state index contributed by atoms with van der Waals surface area (Å²) in [5.74, 6) is 0. The summed E-state index contributed by atoms with van der Waals surface area (Å²) >= 11 is 0. The normalized spacial score (nSPS) is 11.7. The third-order valence-electron chi connectivity index (χ3n) is 8.60. The lowest BCUT2D eigenvalue weighted by molar-refractivity contribution is 0.512. The van der Waals surface area contributed by atoms with E-state index in [0.29, 0.717) is 0 Å². The van der Waals surface area contributed by atoms with Gasteiger partial charge in [-0.3, -0.25) is 0 Å². The molecule has 0 spiro atoms. The lowest BCUT2D eigenvalue weighted by Gasteiger charge is -2.06. The van der Waals surface area contributed by atoms with Gasteiger partial charge in [0.25, 0.3) is 0 Å². The fourth-order valence-corrected chi connectivity index (χ4v) is 5.85. The van der Waals surface area contributed by atoms with Crippen molar-refractivity contribution in [3.05, 3.63) is 0 Å². The first-order valence-electron chi connectivity index (χ1n) is 18.5. The van der Waals surface area contributed by atoms with Gasteiger partial charge in [-0.2, -0.15) is 0 Å². The minimum Gasteiger partial charge on any atom is -0.317 e. The van der Waals surface area contributed by atoms with Crippen LogP contribution in [0.15, 0.2) is 0 Å². The van der Waals surface area contributed by atoms with Crippen LogP contribution < -0.4 is 16.8 Å². The van der Waals surface area contributed by atoms with Gasteiger partial charge >= 0.3 is 0 Å². The lowest BCUT2D eigenvalue weighted by atomic mass is 10.0. The molecule has 0 amide bonds. The average Bonchev–Trinajstić information content (AvgIpc) is 2.93. The van der Waals surface area contributed by atoms with Gasteiger partial charge in [0.1, 0.15) is 0 Å². The molecule has 0 aromatic carbocycles. The topological polar surface area (TPSA) is 64.1 Å². The number of hydrogen-bond acceptors (Lipinski definition) is 3. The van der Waals surface area contributed by atoms with Crippen molar-refractivity contribution in [2.24, 2.45) is 11.5 Å². The van der Waals surface area contributed by atoms with Crippen molar-refractivity contribution in [2.75, 3.05) is 13.1 Å². The lowest BCUT2D eigenvalue weighted by Crippen LogP contribution is -2.29. The highest BCUT2D eigenvalue weighted by Gasteiger charge is 1.98. The maximum Gasteiger partial charge on any atom is 0.0520 e. The molecule has 0 bridgehead atoms. The summed E-state index contributed by atoms with van der Waals surface area (Å²) in [5, 5.41) is 3.68. The molecular weight excluding hydrogens is 474 g/mol. The zero-order valence-electron chi connectivity index (χ0n) is 27.3. The molecule has 0 saturated heterocycles. The van der Waals surface area contributed by atoms with Crippen molar-refractivity contribution >= 4 is 0 Å². The van der Waals surface area contributed by atoms with Crippen LogP contribution in [0.2, 0.25) is 0 Å². The second-order valence-electron chi connectivity index (χ2n) is 12.8. The van der Waals surface area contributed by atoms with Crippen LogP contribution in [0.1, 0.15) is 212 Å². The predicted molar refractivity (Wildman–Crippen MR) is 178 cm³/mol. The van der Waals surface area contributed by atoms with Crippen molar-refractivity contribution in [3.63, 3.8) is 0 Å². The first-order chi connectivity index (χ1) is 19.3. The highest BCUT2D eigenvalue weighted by molar-refractivity contribution is 4.55. The molecule has 0 radical (unpaired) electrons. The molecule has 5 N–H and O–H groups in total. The number of hydrogen-bond donors (Lipinski definition) is 3. The first kappa shape index (κ1) is 38.9. The van der Waals surface area contributed by atoms with E-state index in [0.717, 1.165) is 6.42 Å². The van der Waals surface area contributed by atoms with Crippen LogP contribution in [0.25, 0.3) is 0 Å². The third kappa shape index (κ3) is 37.9. The highest BCUT2D eigenvalue weighted by Crippen LogP contribution is 2.15. The molecule has 3 heteroatoms. The summed E-state index contributed by atoms with van der Waals surface area (Å²) in [7, 11) is 0. The molecule has 0 aliphatic carbocycles. The van der Waals surface area contributed by atoms with E-state index in [2.05, 4.69) is 12.2 Å². The summed E-state index contributed by atoms with van der Waals surface area (Å²) < 4.78 is 0. The second kappa shape index (κ2) is 35.9. The van der Waals surface area contributed by atoms with Crippen molar-refractivity contribution in [1.82, 2.24) is 5.32 Å². The van der Waals surface area contributed by atoms with Crippen LogP contribution in [0.3, 0.4) is 0 Å². The van der Waals surface area contributed by atoms with Crippen molar-refractivity contribution in [2.45, 2.75) is 219 Å². The Morgan fingerprint density at radius 2 is 0.564 bits per heavy atom. The van der Waals surface area contributed by atoms with E-state index in [-0.39, 0.29) is 6.17 Å². The molecular formula is C36H77N3. The molecule has 0 aromatic heterocycles. The molecule has 0 aliphatic rings. The Morgan fingerprint density at radius 1 is 0.333 bits per heavy atom. The maximum absolute atomic E-state index is 5.59. The number of rotatable bonds is 35. The van der Waals surface area contributed by atoms with Gasteiger partial charge in [0.05, 0.1) is 6.17 Å². The fraction of sp³-hybridized carbons (Fsp3) is 1.00. The Morgan fingerprint density at radius 3 is 0.821 bits per heavy atom. The Hall–Kier alpha value is -0.120. The van der Waals surface area contributed by atoms with E-state index in [9.17, 15) is 0 Å². The van der Waals surface area contributed by atoms with Gasteiger partial charge in [-0.05, 0) is 32.4 Å². The van der Waals surface area contributed by atoms with Gasteiger partial charge in [-0.25, -0.2) is 0 Å². The summed E-state index contributed by atoms with van der Waals surface area (Å²) in [4.78, 5) is 0. The molecule has 0 unspecified atom stereocenters. The van der Waals surface area contributed by atoms with Gasteiger partial charge in [0, 0.05) is 0 Å². The molecule has 0 saturated carbocycles. The SMILES string of the molecule is CCCCCCCCCCCCCCCCCCNCCCCCCCCCCCCCCCCCC(N)N. The standard InChI is InChI=1S/C36H77N3/c1-2-3-4-5-6-7-8-9-10-13-16-19-22-25-28-31-34-39-35-32-29-26-23-20-17-14-11-12-15-18-21-24-27-30-33-36(37)38/h36,39H,2-35,37-38H2,1H3. The van der Waals surface area contributed by atoms with E-state index in [1.54, 1.807) is 0 Å². The Balaban J connectivity index is 3.02. The first-order valence-corrected chi connectivity index (χ1v) is 18.5. The van der Waals surface area contributed by atoms with E-state index in [1.807, 2.05) is 0 Å². The Labute approximate surface area is 248 Å². The largest absolute Gasteiger partial charge is 0.317 e. The fourth-order valence-electron chi connectivity index (χ4n) is 5.85. The van der Waals surface area contributed by atoms with Gasteiger partial charge < -0.3 is 16.8 Å². The van der Waals surface area contributed by atoms with Crippen LogP contribution in [0.4, 0.5) is 0 Å². The number of nitrogens with two attached hydrogens (primary N) is 2. The summed E-state index contributed by atoms with van der Waals surface area (Å²) in [6.45, 7) is 4.78. The van der Waals surface area contributed by atoms with Gasteiger partial charge in [0.2, 0.25) is 0 Å². The van der Waals surface area contributed by atoms with Crippen molar-refractivity contribution in [1.29, 1.82) is 0 Å². The molecule has 0 fully saturated rings. The maximum atomic E-state index is 5.59. The molecule has 0 aromatic rings. The Kier molecular flexibility index (Phi) is 35.8. The van der Waals surface area contributed by atoms with Gasteiger partial charge in [0.15, 0.2) is 0 Å².